The first-order chi connectivity index (χ1) is 7.50. The number of aliphatic carboxylic acids is 1. The zero-order valence-electron chi connectivity index (χ0n) is 8.93. The van der Waals surface area contributed by atoms with Crippen LogP contribution in [0.5, 0.6) is 0 Å². The molecule has 1 aromatic rings. The van der Waals surface area contributed by atoms with Gasteiger partial charge in [0.15, 0.2) is 0 Å². The van der Waals surface area contributed by atoms with Gasteiger partial charge in [-0.2, -0.15) is 0 Å². The van der Waals surface area contributed by atoms with E-state index in [1.54, 1.807) is 31.2 Å². The second kappa shape index (κ2) is 5.16. The van der Waals surface area contributed by atoms with Crippen molar-refractivity contribution in [3.05, 3.63) is 29.8 Å². The maximum Gasteiger partial charge on any atom is 0.305 e. The van der Waals surface area contributed by atoms with Crippen LogP contribution in [0.4, 0.5) is 5.69 Å². The fourth-order valence-electron chi connectivity index (χ4n) is 1.32. The molecule has 5 nitrogen and oxygen atoms in total. The van der Waals surface area contributed by atoms with E-state index < -0.39 is 12.0 Å². The van der Waals surface area contributed by atoms with Gasteiger partial charge < -0.3 is 16.2 Å². The molecule has 1 unspecified atom stereocenters. The topological polar surface area (TPSA) is 92.4 Å². The van der Waals surface area contributed by atoms with Crippen molar-refractivity contribution < 1.29 is 14.7 Å². The van der Waals surface area contributed by atoms with Crippen LogP contribution in [-0.4, -0.2) is 23.0 Å². The van der Waals surface area contributed by atoms with E-state index in [9.17, 15) is 9.59 Å². The second-order valence-corrected chi connectivity index (χ2v) is 3.56. The minimum absolute atomic E-state index is 0.113. The van der Waals surface area contributed by atoms with Crippen molar-refractivity contribution >= 4 is 17.6 Å². The maximum atomic E-state index is 11.7. The highest BCUT2D eigenvalue weighted by atomic mass is 16.4. The van der Waals surface area contributed by atoms with Crippen LogP contribution in [0.3, 0.4) is 0 Å². The largest absolute Gasteiger partial charge is 0.481 e. The van der Waals surface area contributed by atoms with Crippen molar-refractivity contribution in [2.24, 2.45) is 0 Å². The van der Waals surface area contributed by atoms with Crippen molar-refractivity contribution in [1.82, 2.24) is 5.32 Å². The number of nitrogen functional groups attached to an aromatic ring is 1. The van der Waals surface area contributed by atoms with Gasteiger partial charge in [0.1, 0.15) is 0 Å². The van der Waals surface area contributed by atoms with Gasteiger partial charge in [0, 0.05) is 11.7 Å². The van der Waals surface area contributed by atoms with Gasteiger partial charge in [-0.15, -0.1) is 0 Å². The van der Waals surface area contributed by atoms with E-state index in [-0.39, 0.29) is 12.3 Å². The molecule has 0 fully saturated rings. The Balaban J connectivity index is 2.66. The summed E-state index contributed by atoms with van der Waals surface area (Å²) in [6, 6.07) is 6.22. The number of amides is 1. The Labute approximate surface area is 93.3 Å². The van der Waals surface area contributed by atoms with E-state index in [1.165, 1.54) is 0 Å². The molecule has 1 aromatic carbocycles. The molecule has 0 aliphatic carbocycles. The van der Waals surface area contributed by atoms with E-state index in [0.29, 0.717) is 11.3 Å². The summed E-state index contributed by atoms with van der Waals surface area (Å²) >= 11 is 0. The molecule has 4 N–H and O–H groups in total. The molecule has 0 spiro atoms. The Kier molecular flexibility index (Phi) is 3.88. The zero-order valence-corrected chi connectivity index (χ0v) is 8.93. The van der Waals surface area contributed by atoms with Crippen molar-refractivity contribution in [2.75, 3.05) is 5.73 Å². The van der Waals surface area contributed by atoms with Gasteiger partial charge in [-0.05, 0) is 19.1 Å². The molecule has 0 heterocycles. The Bertz CT molecular complexity index is 404. The predicted molar refractivity (Wildman–Crippen MR) is 60.0 cm³/mol. The van der Waals surface area contributed by atoms with E-state index in [0.717, 1.165) is 0 Å². The molecule has 0 aromatic heterocycles. The van der Waals surface area contributed by atoms with Crippen LogP contribution in [0, 0.1) is 0 Å². The van der Waals surface area contributed by atoms with Crippen molar-refractivity contribution in [3.63, 3.8) is 0 Å². The molecular formula is C11H14N2O3. The van der Waals surface area contributed by atoms with Gasteiger partial charge in [-0.1, -0.05) is 12.1 Å². The van der Waals surface area contributed by atoms with Crippen LogP contribution in [0.2, 0.25) is 0 Å². The summed E-state index contributed by atoms with van der Waals surface area (Å²) in [6.07, 6.45) is -0.113. The van der Waals surface area contributed by atoms with Gasteiger partial charge in [0.25, 0.3) is 5.91 Å². The molecule has 1 atom stereocenters. The molecule has 0 aliphatic rings. The van der Waals surface area contributed by atoms with Crippen LogP contribution >= 0.6 is 0 Å². The monoisotopic (exact) mass is 222 g/mol. The molecule has 16 heavy (non-hydrogen) atoms. The number of nitrogens with two attached hydrogens (primary N) is 1. The quantitative estimate of drug-likeness (QED) is 0.659. The molecule has 86 valence electrons. The smallest absolute Gasteiger partial charge is 0.305 e. The lowest BCUT2D eigenvalue weighted by molar-refractivity contribution is -0.137. The summed E-state index contributed by atoms with van der Waals surface area (Å²) in [5.74, 6) is -1.30. The van der Waals surface area contributed by atoms with E-state index in [2.05, 4.69) is 5.32 Å². The van der Waals surface area contributed by atoms with Crippen LogP contribution < -0.4 is 11.1 Å². The normalized spacial score (nSPS) is 11.8. The lowest BCUT2D eigenvalue weighted by Crippen LogP contribution is -2.34. The molecule has 0 saturated carbocycles. The van der Waals surface area contributed by atoms with E-state index in [4.69, 9.17) is 10.8 Å². The minimum Gasteiger partial charge on any atom is -0.481 e. The molecule has 0 bridgehead atoms. The average Bonchev–Trinajstić information content (AvgIpc) is 2.16. The summed E-state index contributed by atoms with van der Waals surface area (Å²) in [7, 11) is 0. The van der Waals surface area contributed by atoms with E-state index >= 15 is 0 Å². The number of rotatable bonds is 4. The Hall–Kier alpha value is -2.04. The average molecular weight is 222 g/mol. The number of carboxylic acid groups (broad SMARTS) is 1. The third kappa shape index (κ3) is 3.27. The van der Waals surface area contributed by atoms with Gasteiger partial charge in [0.2, 0.25) is 0 Å². The van der Waals surface area contributed by atoms with Gasteiger partial charge in [0.05, 0.1) is 12.0 Å². The fraction of sp³-hybridized carbons (Fsp3) is 0.273. The summed E-state index contributed by atoms with van der Waals surface area (Å²) in [6.45, 7) is 1.63. The number of carbonyl (C=O) groups excluding carboxylic acids is 1. The Morgan fingerprint density at radius 2 is 2.06 bits per heavy atom. The van der Waals surface area contributed by atoms with Crippen LogP contribution in [-0.2, 0) is 4.79 Å². The van der Waals surface area contributed by atoms with Crippen LogP contribution in [0.15, 0.2) is 24.3 Å². The molecule has 5 heteroatoms. The molecule has 0 aliphatic heterocycles. The highest BCUT2D eigenvalue weighted by Gasteiger charge is 2.13. The minimum atomic E-state index is -0.950. The predicted octanol–water partition coefficient (Wildman–Crippen LogP) is 0.862. The lowest BCUT2D eigenvalue weighted by atomic mass is 10.1. The van der Waals surface area contributed by atoms with Crippen LogP contribution in [0.25, 0.3) is 0 Å². The first-order valence-electron chi connectivity index (χ1n) is 4.88. The summed E-state index contributed by atoms with van der Waals surface area (Å²) in [5.41, 5.74) is 6.36. The number of benzene rings is 1. The Morgan fingerprint density at radius 1 is 1.44 bits per heavy atom. The SMILES string of the molecule is CC(CC(=O)O)NC(=O)c1ccccc1N. The standard InChI is InChI=1S/C11H14N2O3/c1-7(6-10(14)15)13-11(16)8-4-2-3-5-9(8)12/h2-5,7H,6,12H2,1H3,(H,13,16)(H,14,15). The van der Waals surface area contributed by atoms with E-state index in [1.807, 2.05) is 0 Å². The molecule has 0 radical (unpaired) electrons. The third-order valence-corrected chi connectivity index (χ3v) is 2.06. The zero-order chi connectivity index (χ0) is 12.1. The first-order valence-corrected chi connectivity index (χ1v) is 4.88. The van der Waals surface area contributed by atoms with Gasteiger partial charge >= 0.3 is 5.97 Å². The van der Waals surface area contributed by atoms with Crippen molar-refractivity contribution in [1.29, 1.82) is 0 Å². The molecule has 0 saturated heterocycles. The third-order valence-electron chi connectivity index (χ3n) is 2.06. The fourth-order valence-corrected chi connectivity index (χ4v) is 1.32. The molecular weight excluding hydrogens is 208 g/mol. The van der Waals surface area contributed by atoms with Crippen molar-refractivity contribution in [2.45, 2.75) is 19.4 Å². The second-order valence-electron chi connectivity index (χ2n) is 3.56. The number of anilines is 1. The highest BCUT2D eigenvalue weighted by Crippen LogP contribution is 2.10. The lowest BCUT2D eigenvalue weighted by Gasteiger charge is -2.12. The first kappa shape index (κ1) is 12.0. The Morgan fingerprint density at radius 3 is 2.62 bits per heavy atom. The summed E-state index contributed by atoms with van der Waals surface area (Å²) < 4.78 is 0. The molecule has 1 rings (SSSR count). The van der Waals surface area contributed by atoms with Gasteiger partial charge in [-0.25, -0.2) is 0 Å². The van der Waals surface area contributed by atoms with Gasteiger partial charge in [-0.3, -0.25) is 9.59 Å². The number of carbonyl (C=O) groups is 2. The summed E-state index contributed by atoms with van der Waals surface area (Å²) in [5, 5.41) is 11.1. The summed E-state index contributed by atoms with van der Waals surface area (Å²) in [4.78, 5) is 22.1. The van der Waals surface area contributed by atoms with Crippen molar-refractivity contribution in [3.8, 4) is 0 Å². The number of nitrogens with one attached hydrogen (secondary N) is 1. The number of hydrogen-bond donors (Lipinski definition) is 3. The number of hydrogen-bond acceptors (Lipinski definition) is 3. The number of para-hydroxylation sites is 1. The highest BCUT2D eigenvalue weighted by molar-refractivity contribution is 5.99. The maximum absolute atomic E-state index is 11.7. The van der Waals surface area contributed by atoms with Crippen LogP contribution in [0.1, 0.15) is 23.7 Å². The number of carboxylic acids is 1. The molecule has 1 amide bonds.